The standard InChI is InChI=1S/C18H18FNO/c19-17-10-8-15(9-11-17)18(21)20-12-4-7-16(13-20)14-5-2-1-3-6-14/h1-3,5-6,8-11,16H,4,7,12-13H2/t16-/m1/s1. The van der Waals surface area contributed by atoms with Gasteiger partial charge in [0.2, 0.25) is 0 Å². The Labute approximate surface area is 124 Å². The highest BCUT2D eigenvalue weighted by atomic mass is 19.1. The molecule has 1 heterocycles. The van der Waals surface area contributed by atoms with Crippen LogP contribution in [0.5, 0.6) is 0 Å². The number of amides is 1. The minimum Gasteiger partial charge on any atom is -0.338 e. The van der Waals surface area contributed by atoms with E-state index in [2.05, 4.69) is 12.1 Å². The summed E-state index contributed by atoms with van der Waals surface area (Å²) in [7, 11) is 0. The smallest absolute Gasteiger partial charge is 0.253 e. The van der Waals surface area contributed by atoms with Gasteiger partial charge in [-0.25, -0.2) is 4.39 Å². The molecule has 0 N–H and O–H groups in total. The lowest BCUT2D eigenvalue weighted by atomic mass is 9.90. The Hall–Kier alpha value is -2.16. The number of hydrogen-bond donors (Lipinski definition) is 0. The van der Waals surface area contributed by atoms with Gasteiger partial charge in [-0.2, -0.15) is 0 Å². The predicted octanol–water partition coefficient (Wildman–Crippen LogP) is 3.85. The predicted molar refractivity (Wildman–Crippen MR) is 80.7 cm³/mol. The molecule has 0 radical (unpaired) electrons. The van der Waals surface area contributed by atoms with Crippen molar-refractivity contribution < 1.29 is 9.18 Å². The Morgan fingerprint density at radius 3 is 2.48 bits per heavy atom. The Morgan fingerprint density at radius 1 is 1.05 bits per heavy atom. The highest BCUT2D eigenvalue weighted by molar-refractivity contribution is 5.94. The summed E-state index contributed by atoms with van der Waals surface area (Å²) in [6.45, 7) is 1.51. The van der Waals surface area contributed by atoms with Crippen molar-refractivity contribution in [1.82, 2.24) is 4.90 Å². The molecular formula is C18H18FNO. The molecule has 1 amide bonds. The van der Waals surface area contributed by atoms with Crippen LogP contribution in [0, 0.1) is 5.82 Å². The second kappa shape index (κ2) is 6.08. The van der Waals surface area contributed by atoms with Gasteiger partial charge in [0.05, 0.1) is 0 Å². The molecule has 0 saturated carbocycles. The SMILES string of the molecule is O=C(c1ccc(F)cc1)N1CCC[C@@H](c2ccccc2)C1. The van der Waals surface area contributed by atoms with Gasteiger partial charge in [-0.05, 0) is 42.7 Å². The van der Waals surface area contributed by atoms with Crippen molar-refractivity contribution in [1.29, 1.82) is 0 Å². The second-order valence-electron chi connectivity index (χ2n) is 5.51. The van der Waals surface area contributed by atoms with Crippen LogP contribution >= 0.6 is 0 Å². The third-order valence-corrected chi connectivity index (χ3v) is 4.07. The van der Waals surface area contributed by atoms with Gasteiger partial charge >= 0.3 is 0 Å². The minimum atomic E-state index is -0.313. The van der Waals surface area contributed by atoms with Crippen molar-refractivity contribution in [2.24, 2.45) is 0 Å². The largest absolute Gasteiger partial charge is 0.338 e. The number of nitrogens with zero attached hydrogens (tertiary/aromatic N) is 1. The van der Waals surface area contributed by atoms with E-state index in [1.165, 1.54) is 17.7 Å². The molecule has 0 bridgehead atoms. The fraction of sp³-hybridized carbons (Fsp3) is 0.278. The second-order valence-corrected chi connectivity index (χ2v) is 5.51. The molecule has 108 valence electrons. The lowest BCUT2D eigenvalue weighted by Gasteiger charge is -2.33. The average Bonchev–Trinajstić information content (AvgIpc) is 2.56. The molecule has 0 unspecified atom stereocenters. The van der Waals surface area contributed by atoms with Gasteiger partial charge in [0, 0.05) is 24.6 Å². The molecule has 3 rings (SSSR count). The zero-order valence-electron chi connectivity index (χ0n) is 11.8. The quantitative estimate of drug-likeness (QED) is 0.820. The normalized spacial score (nSPS) is 18.5. The lowest BCUT2D eigenvalue weighted by molar-refractivity contribution is 0.0707. The van der Waals surface area contributed by atoms with E-state index in [0.29, 0.717) is 11.5 Å². The van der Waals surface area contributed by atoms with Gasteiger partial charge in [0.1, 0.15) is 5.82 Å². The average molecular weight is 283 g/mol. The molecule has 1 aliphatic rings. The number of carbonyl (C=O) groups excluding carboxylic acids is 1. The van der Waals surface area contributed by atoms with Gasteiger partial charge in [0.25, 0.3) is 5.91 Å². The van der Waals surface area contributed by atoms with Crippen LogP contribution in [0.15, 0.2) is 54.6 Å². The van der Waals surface area contributed by atoms with E-state index in [4.69, 9.17) is 0 Å². The first-order valence-electron chi connectivity index (χ1n) is 7.34. The van der Waals surface area contributed by atoms with Crippen LogP contribution in [0.4, 0.5) is 4.39 Å². The molecule has 2 nitrogen and oxygen atoms in total. The third kappa shape index (κ3) is 3.13. The van der Waals surface area contributed by atoms with Crippen LogP contribution < -0.4 is 0 Å². The zero-order valence-corrected chi connectivity index (χ0v) is 11.8. The highest BCUT2D eigenvalue weighted by Crippen LogP contribution is 2.27. The molecule has 1 fully saturated rings. The first kappa shape index (κ1) is 13.8. The van der Waals surface area contributed by atoms with E-state index < -0.39 is 0 Å². The van der Waals surface area contributed by atoms with Gasteiger partial charge < -0.3 is 4.90 Å². The minimum absolute atomic E-state index is 0.00405. The number of piperidine rings is 1. The van der Waals surface area contributed by atoms with Gasteiger partial charge in [-0.1, -0.05) is 30.3 Å². The van der Waals surface area contributed by atoms with Crippen molar-refractivity contribution in [2.45, 2.75) is 18.8 Å². The number of hydrogen-bond acceptors (Lipinski definition) is 1. The van der Waals surface area contributed by atoms with Crippen LogP contribution in [-0.2, 0) is 0 Å². The first-order valence-corrected chi connectivity index (χ1v) is 7.34. The zero-order chi connectivity index (χ0) is 14.7. The van der Waals surface area contributed by atoms with Crippen LogP contribution in [0.2, 0.25) is 0 Å². The monoisotopic (exact) mass is 283 g/mol. The molecule has 21 heavy (non-hydrogen) atoms. The molecule has 3 heteroatoms. The Bertz CT molecular complexity index is 609. The van der Waals surface area contributed by atoms with Gasteiger partial charge in [-0.3, -0.25) is 4.79 Å². The molecule has 0 aliphatic carbocycles. The van der Waals surface area contributed by atoms with Crippen LogP contribution in [0.25, 0.3) is 0 Å². The summed E-state index contributed by atoms with van der Waals surface area (Å²) in [4.78, 5) is 14.4. The van der Waals surface area contributed by atoms with E-state index in [-0.39, 0.29) is 11.7 Å². The molecular weight excluding hydrogens is 265 g/mol. The van der Waals surface area contributed by atoms with Crippen molar-refractivity contribution >= 4 is 5.91 Å². The summed E-state index contributed by atoms with van der Waals surface area (Å²) in [5, 5.41) is 0. The van der Waals surface area contributed by atoms with E-state index >= 15 is 0 Å². The Balaban J connectivity index is 1.74. The maximum absolute atomic E-state index is 13.0. The van der Waals surface area contributed by atoms with Gasteiger partial charge in [-0.15, -0.1) is 0 Å². The number of carbonyl (C=O) groups is 1. The molecule has 2 aromatic carbocycles. The Morgan fingerprint density at radius 2 is 1.76 bits per heavy atom. The van der Waals surface area contributed by atoms with Crippen molar-refractivity contribution in [3.05, 3.63) is 71.5 Å². The molecule has 1 aliphatic heterocycles. The van der Waals surface area contributed by atoms with Crippen LogP contribution in [-0.4, -0.2) is 23.9 Å². The van der Waals surface area contributed by atoms with Crippen LogP contribution in [0.1, 0.15) is 34.7 Å². The van der Waals surface area contributed by atoms with Gasteiger partial charge in [0.15, 0.2) is 0 Å². The highest BCUT2D eigenvalue weighted by Gasteiger charge is 2.25. The summed E-state index contributed by atoms with van der Waals surface area (Å²) in [5.41, 5.74) is 1.85. The number of halogens is 1. The van der Waals surface area contributed by atoms with Crippen molar-refractivity contribution in [3.63, 3.8) is 0 Å². The molecule has 0 aromatic heterocycles. The van der Waals surface area contributed by atoms with Crippen LogP contribution in [0.3, 0.4) is 0 Å². The van der Waals surface area contributed by atoms with E-state index in [0.717, 1.165) is 25.9 Å². The topological polar surface area (TPSA) is 20.3 Å². The van der Waals surface area contributed by atoms with E-state index in [9.17, 15) is 9.18 Å². The summed E-state index contributed by atoms with van der Waals surface area (Å²) in [6, 6.07) is 16.1. The summed E-state index contributed by atoms with van der Waals surface area (Å²) < 4.78 is 13.0. The summed E-state index contributed by atoms with van der Waals surface area (Å²) in [6.07, 6.45) is 2.11. The van der Waals surface area contributed by atoms with E-state index in [1.807, 2.05) is 23.1 Å². The van der Waals surface area contributed by atoms with Crippen molar-refractivity contribution in [2.75, 3.05) is 13.1 Å². The molecule has 0 spiro atoms. The fourth-order valence-electron chi connectivity index (χ4n) is 2.93. The maximum atomic E-state index is 13.0. The fourth-order valence-corrected chi connectivity index (χ4v) is 2.93. The Kier molecular flexibility index (Phi) is 4.00. The van der Waals surface area contributed by atoms with Crippen molar-refractivity contribution in [3.8, 4) is 0 Å². The molecule has 1 saturated heterocycles. The number of rotatable bonds is 2. The number of benzene rings is 2. The maximum Gasteiger partial charge on any atom is 0.253 e. The molecule has 1 atom stereocenters. The lowest BCUT2D eigenvalue weighted by Crippen LogP contribution is -2.39. The third-order valence-electron chi connectivity index (χ3n) is 4.07. The summed E-state index contributed by atoms with van der Waals surface area (Å²) in [5.74, 6) is 0.0762. The first-order chi connectivity index (χ1) is 10.2. The van der Waals surface area contributed by atoms with E-state index in [1.54, 1.807) is 12.1 Å². The summed E-state index contributed by atoms with van der Waals surface area (Å²) >= 11 is 0. The molecule has 2 aromatic rings. The number of likely N-dealkylation sites (tertiary alicyclic amines) is 1.